The number of benzene rings is 2. The summed E-state index contributed by atoms with van der Waals surface area (Å²) < 4.78 is 25.4. The highest BCUT2D eigenvalue weighted by Gasteiger charge is 2.29. The molecule has 2 N–H and O–H groups in total. The van der Waals surface area contributed by atoms with E-state index in [9.17, 15) is 23.1 Å². The van der Waals surface area contributed by atoms with Gasteiger partial charge in [0, 0.05) is 11.3 Å². The molecule has 1 aliphatic rings. The maximum Gasteiger partial charge on any atom is 0.307 e. The van der Waals surface area contributed by atoms with Crippen molar-refractivity contribution in [3.05, 3.63) is 75.7 Å². The molecule has 0 bridgehead atoms. The number of nitrogens with one attached hydrogen (secondary N) is 1. The highest BCUT2D eigenvalue weighted by Crippen LogP contribution is 2.27. The van der Waals surface area contributed by atoms with Crippen molar-refractivity contribution in [3.63, 3.8) is 0 Å². The van der Waals surface area contributed by atoms with Crippen LogP contribution in [0.4, 0.5) is 0 Å². The summed E-state index contributed by atoms with van der Waals surface area (Å²) in [6.07, 6.45) is 2.64. The van der Waals surface area contributed by atoms with Gasteiger partial charge in [-0.05, 0) is 54.0 Å². The van der Waals surface area contributed by atoms with Gasteiger partial charge < -0.3 is 10.1 Å². The van der Waals surface area contributed by atoms with Crippen molar-refractivity contribution >= 4 is 27.6 Å². The smallest absolute Gasteiger partial charge is 0.307 e. The third-order valence-corrected chi connectivity index (χ3v) is 9.05. The van der Waals surface area contributed by atoms with Gasteiger partial charge in [0.2, 0.25) is 0 Å². The van der Waals surface area contributed by atoms with E-state index in [1.165, 1.54) is 23.9 Å². The number of aromatic amines is 1. The molecule has 0 unspecified atom stereocenters. The maximum atomic E-state index is 12.7. The lowest BCUT2D eigenvalue weighted by atomic mass is 9.98. The molecule has 9 heteroatoms. The van der Waals surface area contributed by atoms with Crippen LogP contribution in [0, 0.1) is 11.8 Å². The first kappa shape index (κ1) is 25.2. The highest BCUT2D eigenvalue weighted by molar-refractivity contribution is 7.98. The normalized spacial score (nSPS) is 14.1. The summed E-state index contributed by atoms with van der Waals surface area (Å²) in [7, 11) is -3.71. The third-order valence-electron chi connectivity index (χ3n) is 6.32. The predicted octanol–water partition coefficient (Wildman–Crippen LogP) is 4.35. The number of hydrogen-bond donors (Lipinski definition) is 2. The van der Waals surface area contributed by atoms with E-state index in [2.05, 4.69) is 9.97 Å². The zero-order valence-electron chi connectivity index (χ0n) is 19.7. The van der Waals surface area contributed by atoms with E-state index in [1.807, 2.05) is 24.3 Å². The molecule has 184 valence electrons. The summed E-state index contributed by atoms with van der Waals surface area (Å²) in [6.45, 7) is 3.42. The zero-order chi connectivity index (χ0) is 25.2. The van der Waals surface area contributed by atoms with Gasteiger partial charge in [0.25, 0.3) is 5.56 Å². The number of carbonyl (C=O) groups is 1. The lowest BCUT2D eigenvalue weighted by Crippen LogP contribution is -2.28. The van der Waals surface area contributed by atoms with Crippen molar-refractivity contribution in [1.82, 2.24) is 9.97 Å². The molecule has 35 heavy (non-hydrogen) atoms. The lowest BCUT2D eigenvalue weighted by molar-refractivity contribution is -0.142. The minimum atomic E-state index is -3.71. The first-order chi connectivity index (χ1) is 16.6. The Morgan fingerprint density at radius 3 is 2.29 bits per heavy atom. The average molecular weight is 513 g/mol. The summed E-state index contributed by atoms with van der Waals surface area (Å²) >= 11 is 1.49. The fourth-order valence-electron chi connectivity index (χ4n) is 4.17. The number of thioether (sulfide) groups is 1. The molecule has 1 aromatic heterocycles. The minimum absolute atomic E-state index is 0.0292. The Kier molecular flexibility index (Phi) is 7.47. The Labute approximate surface area is 208 Å². The van der Waals surface area contributed by atoms with Gasteiger partial charge in [-0.15, -0.1) is 0 Å². The zero-order valence-corrected chi connectivity index (χ0v) is 21.3. The molecule has 0 saturated heterocycles. The number of nitrogens with zero attached hydrogens (tertiary/aromatic N) is 1. The minimum Gasteiger partial charge on any atom is -0.481 e. The Hall–Kier alpha value is -2.91. The fraction of sp³-hybridized carbons (Fsp3) is 0.346. The van der Waals surface area contributed by atoms with E-state index in [-0.39, 0.29) is 16.4 Å². The van der Waals surface area contributed by atoms with Crippen LogP contribution < -0.4 is 5.56 Å². The highest BCUT2D eigenvalue weighted by atomic mass is 32.2. The molecule has 1 aliphatic carbocycles. The molecule has 0 amide bonds. The Morgan fingerprint density at radius 1 is 1.06 bits per heavy atom. The van der Waals surface area contributed by atoms with E-state index < -0.39 is 27.5 Å². The van der Waals surface area contributed by atoms with Gasteiger partial charge in [0.1, 0.15) is 0 Å². The van der Waals surface area contributed by atoms with Crippen molar-refractivity contribution in [1.29, 1.82) is 0 Å². The number of fused-ring (bicyclic) bond motifs is 1. The molecule has 3 aromatic rings. The van der Waals surface area contributed by atoms with Gasteiger partial charge in [0.05, 0.1) is 22.3 Å². The number of rotatable bonds is 9. The fourth-order valence-corrected chi connectivity index (χ4v) is 6.75. The second-order valence-corrected chi connectivity index (χ2v) is 12.1. The van der Waals surface area contributed by atoms with Crippen molar-refractivity contribution in [2.75, 3.05) is 5.75 Å². The molecule has 0 spiro atoms. The average Bonchev–Trinajstić information content (AvgIpc) is 3.31. The van der Waals surface area contributed by atoms with Crippen molar-refractivity contribution < 1.29 is 18.3 Å². The van der Waals surface area contributed by atoms with E-state index in [0.717, 1.165) is 47.2 Å². The van der Waals surface area contributed by atoms with Crippen LogP contribution in [0.3, 0.4) is 0 Å². The van der Waals surface area contributed by atoms with Crippen LogP contribution in [0.5, 0.6) is 0 Å². The van der Waals surface area contributed by atoms with E-state index in [0.29, 0.717) is 10.9 Å². The topological polar surface area (TPSA) is 117 Å². The summed E-state index contributed by atoms with van der Waals surface area (Å²) in [5.74, 6) is -2.08. The molecule has 4 rings (SSSR count). The van der Waals surface area contributed by atoms with Crippen LogP contribution in [0.2, 0.25) is 0 Å². The molecule has 1 atom stereocenters. The van der Waals surface area contributed by atoms with Gasteiger partial charge in [0.15, 0.2) is 15.0 Å². The van der Waals surface area contributed by atoms with Gasteiger partial charge in [-0.25, -0.2) is 13.4 Å². The Balaban J connectivity index is 1.42. The number of carboxylic acids is 1. The Morgan fingerprint density at radius 2 is 1.69 bits per heavy atom. The van der Waals surface area contributed by atoms with E-state index in [1.54, 1.807) is 26.0 Å². The molecule has 7 nitrogen and oxygen atoms in total. The second-order valence-electron chi connectivity index (χ2n) is 9.13. The maximum absolute atomic E-state index is 12.7. The van der Waals surface area contributed by atoms with E-state index >= 15 is 0 Å². The lowest BCUT2D eigenvalue weighted by Gasteiger charge is -2.16. The summed E-state index contributed by atoms with van der Waals surface area (Å²) in [5, 5.41) is 9.97. The Bertz CT molecular complexity index is 1380. The molecular formula is C26H28N2O5S2. The number of aromatic nitrogens is 2. The molecule has 0 saturated carbocycles. The van der Waals surface area contributed by atoms with Gasteiger partial charge in [-0.1, -0.05) is 62.0 Å². The first-order valence-electron chi connectivity index (χ1n) is 11.5. The van der Waals surface area contributed by atoms with Crippen LogP contribution in [0.15, 0.2) is 63.4 Å². The molecule has 2 aromatic carbocycles. The van der Waals surface area contributed by atoms with Crippen LogP contribution in [0.25, 0.3) is 11.1 Å². The van der Waals surface area contributed by atoms with E-state index in [4.69, 9.17) is 0 Å². The van der Waals surface area contributed by atoms with Gasteiger partial charge >= 0.3 is 5.97 Å². The van der Waals surface area contributed by atoms with Crippen molar-refractivity contribution in [3.8, 4) is 11.1 Å². The van der Waals surface area contributed by atoms with Crippen molar-refractivity contribution in [2.45, 2.75) is 48.9 Å². The first-order valence-corrected chi connectivity index (χ1v) is 14.2. The monoisotopic (exact) mass is 512 g/mol. The van der Waals surface area contributed by atoms with Crippen molar-refractivity contribution in [2.24, 2.45) is 11.8 Å². The predicted molar refractivity (Wildman–Crippen MR) is 136 cm³/mol. The van der Waals surface area contributed by atoms with Gasteiger partial charge in [-0.2, -0.15) is 0 Å². The largest absolute Gasteiger partial charge is 0.481 e. The standard InChI is InChI=1S/C26H28N2O5S2/c1-16(2)22(25(30)31)15-35(32,33)20-12-10-19(11-13-20)18-8-6-17(7-9-18)14-34-26-27-23-5-3-4-21(23)24(29)28-26/h6-13,16,22H,3-5,14-15H2,1-2H3,(H,30,31)(H,27,28,29)/t22-/m0/s1. The van der Waals surface area contributed by atoms with Gasteiger partial charge in [-0.3, -0.25) is 9.59 Å². The van der Waals surface area contributed by atoms with Crippen LogP contribution in [0.1, 0.15) is 37.1 Å². The molecule has 0 aliphatic heterocycles. The number of hydrogen-bond acceptors (Lipinski definition) is 6. The quantitative estimate of drug-likeness (QED) is 0.323. The number of aliphatic carboxylic acids is 1. The molecular weight excluding hydrogens is 484 g/mol. The number of aryl methyl sites for hydroxylation is 1. The summed E-state index contributed by atoms with van der Waals surface area (Å²) in [6, 6.07) is 14.5. The molecule has 0 fully saturated rings. The van der Waals surface area contributed by atoms with Crippen LogP contribution >= 0.6 is 11.8 Å². The molecule has 1 heterocycles. The van der Waals surface area contributed by atoms with Crippen LogP contribution in [-0.2, 0) is 33.2 Å². The summed E-state index contributed by atoms with van der Waals surface area (Å²) in [4.78, 5) is 31.2. The SMILES string of the molecule is CC(C)[C@H](CS(=O)(=O)c1ccc(-c2ccc(CSc3nc4c(c(=O)[nH]3)CCC4)cc2)cc1)C(=O)O. The second kappa shape index (κ2) is 10.4. The number of sulfone groups is 1. The number of H-pyrrole nitrogens is 1. The summed E-state index contributed by atoms with van der Waals surface area (Å²) in [5.41, 5.74) is 4.59. The third kappa shape index (κ3) is 5.85. The number of carboxylic acid groups (broad SMARTS) is 1. The molecule has 0 radical (unpaired) electrons. The van der Waals surface area contributed by atoms with Crippen LogP contribution in [-0.4, -0.2) is 35.2 Å².